The Morgan fingerprint density at radius 1 is 1.44 bits per heavy atom. The molecule has 0 aliphatic carbocycles. The molecule has 0 amide bonds. The normalized spacial score (nSPS) is 10.3. The number of aryl methyl sites for hydroxylation is 1. The lowest BCUT2D eigenvalue weighted by Crippen LogP contribution is -2.31. The van der Waals surface area contributed by atoms with Crippen LogP contribution in [0.15, 0.2) is 12.1 Å². The summed E-state index contributed by atoms with van der Waals surface area (Å²) in [7, 11) is 1.61. The van der Waals surface area contributed by atoms with Crippen molar-refractivity contribution >= 4 is 34.6 Å². The number of nitrogens with one attached hydrogen (secondary N) is 2. The minimum atomic E-state index is 0.540. The Bertz CT molecular complexity index is 435. The van der Waals surface area contributed by atoms with Crippen molar-refractivity contribution in [1.29, 1.82) is 0 Å². The topological polar surface area (TPSA) is 33.3 Å². The zero-order chi connectivity index (χ0) is 13.7. The average Bonchev–Trinajstić information content (AvgIpc) is 2.31. The van der Waals surface area contributed by atoms with E-state index in [0.29, 0.717) is 21.8 Å². The number of hydrogen-bond donors (Lipinski definition) is 2. The van der Waals surface area contributed by atoms with E-state index in [1.807, 2.05) is 13.0 Å². The van der Waals surface area contributed by atoms with Gasteiger partial charge in [-0.05, 0) is 36.7 Å². The van der Waals surface area contributed by atoms with E-state index in [-0.39, 0.29) is 0 Å². The molecule has 0 saturated carbocycles. The summed E-state index contributed by atoms with van der Waals surface area (Å²) in [5, 5.41) is 7.54. The average molecular weight is 287 g/mol. The van der Waals surface area contributed by atoms with Crippen LogP contribution < -0.4 is 15.4 Å². The Labute approximate surface area is 119 Å². The molecule has 0 spiro atoms. The highest BCUT2D eigenvalue weighted by molar-refractivity contribution is 7.80. The molecule has 0 saturated heterocycles. The summed E-state index contributed by atoms with van der Waals surface area (Å²) in [5.74, 6) is 1.22. The quantitative estimate of drug-likeness (QED) is 0.829. The number of thiocarbonyl (C=S) groups is 1. The molecule has 0 radical (unpaired) electrons. The van der Waals surface area contributed by atoms with Gasteiger partial charge >= 0.3 is 0 Å². The molecule has 0 atom stereocenters. The first-order valence-electron chi connectivity index (χ1n) is 5.83. The first-order valence-corrected chi connectivity index (χ1v) is 6.61. The Morgan fingerprint density at radius 3 is 2.67 bits per heavy atom. The first kappa shape index (κ1) is 15.1. The molecule has 100 valence electrons. The van der Waals surface area contributed by atoms with Crippen LogP contribution in [0.4, 0.5) is 5.69 Å². The van der Waals surface area contributed by atoms with Gasteiger partial charge in [-0.2, -0.15) is 0 Å². The van der Waals surface area contributed by atoms with Crippen LogP contribution in [0.5, 0.6) is 5.75 Å². The summed E-state index contributed by atoms with van der Waals surface area (Å²) >= 11 is 11.3. The summed E-state index contributed by atoms with van der Waals surface area (Å²) < 4.78 is 5.27. The van der Waals surface area contributed by atoms with Crippen LogP contribution in [0.2, 0.25) is 5.02 Å². The number of benzene rings is 1. The lowest BCUT2D eigenvalue weighted by atomic mass is 10.2. The van der Waals surface area contributed by atoms with Crippen LogP contribution in [-0.2, 0) is 0 Å². The molecule has 1 aromatic carbocycles. The van der Waals surface area contributed by atoms with Gasteiger partial charge in [-0.1, -0.05) is 25.4 Å². The zero-order valence-corrected chi connectivity index (χ0v) is 12.7. The van der Waals surface area contributed by atoms with Gasteiger partial charge in [0.25, 0.3) is 0 Å². The summed E-state index contributed by atoms with van der Waals surface area (Å²) in [6, 6.07) is 3.70. The van der Waals surface area contributed by atoms with Gasteiger partial charge in [-0.25, -0.2) is 0 Å². The third kappa shape index (κ3) is 4.35. The number of ether oxygens (including phenoxy) is 1. The molecule has 0 heterocycles. The lowest BCUT2D eigenvalue weighted by molar-refractivity contribution is 0.417. The van der Waals surface area contributed by atoms with E-state index in [1.165, 1.54) is 0 Å². The molecular formula is C13H19ClN2OS. The van der Waals surface area contributed by atoms with E-state index in [0.717, 1.165) is 17.8 Å². The van der Waals surface area contributed by atoms with Gasteiger partial charge in [-0.15, -0.1) is 0 Å². The molecule has 18 heavy (non-hydrogen) atoms. The van der Waals surface area contributed by atoms with Gasteiger partial charge in [0.05, 0.1) is 12.8 Å². The van der Waals surface area contributed by atoms with Crippen LogP contribution in [0.1, 0.15) is 19.4 Å². The van der Waals surface area contributed by atoms with E-state index in [4.69, 9.17) is 28.6 Å². The fourth-order valence-corrected chi connectivity index (χ4v) is 1.74. The van der Waals surface area contributed by atoms with Crippen molar-refractivity contribution in [1.82, 2.24) is 5.32 Å². The van der Waals surface area contributed by atoms with Crippen LogP contribution in [-0.4, -0.2) is 18.8 Å². The van der Waals surface area contributed by atoms with Crippen molar-refractivity contribution in [3.63, 3.8) is 0 Å². The number of anilines is 1. The predicted octanol–water partition coefficient (Wildman–Crippen LogP) is 3.60. The van der Waals surface area contributed by atoms with Crippen LogP contribution in [0.3, 0.4) is 0 Å². The molecule has 2 N–H and O–H groups in total. The Balaban J connectivity index is 2.77. The van der Waals surface area contributed by atoms with Crippen LogP contribution in [0.25, 0.3) is 0 Å². The van der Waals surface area contributed by atoms with Gasteiger partial charge in [-0.3, -0.25) is 0 Å². The summed E-state index contributed by atoms with van der Waals surface area (Å²) in [6.45, 7) is 7.03. The summed E-state index contributed by atoms with van der Waals surface area (Å²) in [6.07, 6.45) is 0. The van der Waals surface area contributed by atoms with E-state index < -0.39 is 0 Å². The molecule has 5 heteroatoms. The van der Waals surface area contributed by atoms with E-state index in [2.05, 4.69) is 24.5 Å². The molecule has 0 unspecified atom stereocenters. The second kappa shape index (κ2) is 6.81. The third-order valence-electron chi connectivity index (χ3n) is 2.40. The molecule has 1 rings (SSSR count). The van der Waals surface area contributed by atoms with Gasteiger partial charge in [0, 0.05) is 17.6 Å². The maximum absolute atomic E-state index is 6.05. The minimum Gasteiger partial charge on any atom is -0.495 e. The molecule has 0 aromatic heterocycles. The molecule has 0 aliphatic rings. The Hall–Kier alpha value is -1.00. The monoisotopic (exact) mass is 286 g/mol. The SMILES string of the molecule is COc1cc(Cl)c(C)cc1NC(=S)NCC(C)C. The van der Waals surface area contributed by atoms with Gasteiger partial charge in [0.2, 0.25) is 0 Å². The van der Waals surface area contributed by atoms with Crippen molar-refractivity contribution in [2.45, 2.75) is 20.8 Å². The molecule has 1 aromatic rings. The Morgan fingerprint density at radius 2 is 2.11 bits per heavy atom. The van der Waals surface area contributed by atoms with Crippen molar-refractivity contribution in [3.8, 4) is 5.75 Å². The highest BCUT2D eigenvalue weighted by atomic mass is 35.5. The molecular weight excluding hydrogens is 268 g/mol. The second-order valence-electron chi connectivity index (χ2n) is 4.53. The number of halogens is 1. The fourth-order valence-electron chi connectivity index (χ4n) is 1.39. The Kier molecular flexibility index (Phi) is 5.69. The smallest absolute Gasteiger partial charge is 0.170 e. The van der Waals surface area contributed by atoms with Gasteiger partial charge < -0.3 is 15.4 Å². The number of methoxy groups -OCH3 is 1. The maximum atomic E-state index is 6.05. The van der Waals surface area contributed by atoms with Crippen molar-refractivity contribution < 1.29 is 4.74 Å². The standard InChI is InChI=1S/C13H19ClN2OS/c1-8(2)7-15-13(18)16-11-5-9(3)10(14)6-12(11)17-4/h5-6,8H,7H2,1-4H3,(H2,15,16,18). The van der Waals surface area contributed by atoms with Crippen molar-refractivity contribution in [2.75, 3.05) is 19.0 Å². The van der Waals surface area contributed by atoms with E-state index >= 15 is 0 Å². The van der Waals surface area contributed by atoms with E-state index in [1.54, 1.807) is 13.2 Å². The van der Waals surface area contributed by atoms with Crippen LogP contribution >= 0.6 is 23.8 Å². The lowest BCUT2D eigenvalue weighted by Gasteiger charge is -2.15. The third-order valence-corrected chi connectivity index (χ3v) is 3.05. The fraction of sp³-hybridized carbons (Fsp3) is 0.462. The highest BCUT2D eigenvalue weighted by Crippen LogP contribution is 2.30. The summed E-state index contributed by atoms with van der Waals surface area (Å²) in [4.78, 5) is 0. The van der Waals surface area contributed by atoms with Gasteiger partial charge in [0.15, 0.2) is 5.11 Å². The molecule has 0 bridgehead atoms. The van der Waals surface area contributed by atoms with Crippen molar-refractivity contribution in [2.24, 2.45) is 5.92 Å². The van der Waals surface area contributed by atoms with Crippen molar-refractivity contribution in [3.05, 3.63) is 22.7 Å². The largest absolute Gasteiger partial charge is 0.495 e. The van der Waals surface area contributed by atoms with Crippen LogP contribution in [0, 0.1) is 12.8 Å². The number of hydrogen-bond acceptors (Lipinski definition) is 2. The molecule has 0 aliphatic heterocycles. The highest BCUT2D eigenvalue weighted by Gasteiger charge is 2.08. The second-order valence-corrected chi connectivity index (χ2v) is 5.35. The van der Waals surface area contributed by atoms with Gasteiger partial charge in [0.1, 0.15) is 5.75 Å². The predicted molar refractivity (Wildman–Crippen MR) is 81.8 cm³/mol. The molecule has 0 fully saturated rings. The zero-order valence-electron chi connectivity index (χ0n) is 11.1. The summed E-state index contributed by atoms with van der Waals surface area (Å²) in [5.41, 5.74) is 1.80. The number of rotatable bonds is 4. The minimum absolute atomic E-state index is 0.540. The first-order chi connectivity index (χ1) is 8.43. The maximum Gasteiger partial charge on any atom is 0.170 e. The van der Waals surface area contributed by atoms with E-state index in [9.17, 15) is 0 Å². The molecule has 3 nitrogen and oxygen atoms in total.